The lowest BCUT2D eigenvalue weighted by Crippen LogP contribution is -2.03. The van der Waals surface area contributed by atoms with E-state index in [1.807, 2.05) is 0 Å². The zero-order valence-corrected chi connectivity index (χ0v) is 5.74. The molecule has 1 aromatic rings. The van der Waals surface area contributed by atoms with Gasteiger partial charge in [0.05, 0.1) is 6.20 Å². The van der Waals surface area contributed by atoms with Crippen LogP contribution < -0.4 is 5.73 Å². The van der Waals surface area contributed by atoms with Gasteiger partial charge in [-0.25, -0.2) is 8.78 Å². The summed E-state index contributed by atoms with van der Waals surface area (Å²) in [6, 6.07) is 0. The first-order valence-corrected chi connectivity index (χ1v) is 3.12. The summed E-state index contributed by atoms with van der Waals surface area (Å²) >= 11 is 0. The standard InChI is InChI=1S/C5H8F2N4/c6-4(7)1-2-11-3-5(8)9-10-11/h3-4H,1-2,8H2. The monoisotopic (exact) mass is 162 g/mol. The van der Waals surface area contributed by atoms with E-state index in [1.165, 1.54) is 10.9 Å². The molecule has 0 spiro atoms. The van der Waals surface area contributed by atoms with Crippen LogP contribution >= 0.6 is 0 Å². The average molecular weight is 162 g/mol. The minimum absolute atomic E-state index is 0.155. The number of aromatic nitrogens is 3. The van der Waals surface area contributed by atoms with Gasteiger partial charge in [0.25, 0.3) is 0 Å². The number of anilines is 1. The van der Waals surface area contributed by atoms with E-state index in [2.05, 4.69) is 10.3 Å². The van der Waals surface area contributed by atoms with Gasteiger partial charge in [-0.05, 0) is 0 Å². The fraction of sp³-hybridized carbons (Fsp3) is 0.600. The van der Waals surface area contributed by atoms with E-state index in [0.717, 1.165) is 0 Å². The summed E-state index contributed by atoms with van der Waals surface area (Å²) in [5, 5.41) is 6.94. The fourth-order valence-electron chi connectivity index (χ4n) is 0.653. The number of hydrogen-bond acceptors (Lipinski definition) is 3. The number of alkyl halides is 2. The molecular formula is C5H8F2N4. The largest absolute Gasteiger partial charge is 0.381 e. The summed E-state index contributed by atoms with van der Waals surface area (Å²) in [6.07, 6.45) is -1.11. The van der Waals surface area contributed by atoms with Gasteiger partial charge in [0.1, 0.15) is 0 Å². The molecule has 0 aliphatic carbocycles. The molecule has 1 rings (SSSR count). The Morgan fingerprint density at radius 2 is 2.36 bits per heavy atom. The van der Waals surface area contributed by atoms with E-state index in [0.29, 0.717) is 0 Å². The molecule has 0 aromatic carbocycles. The van der Waals surface area contributed by atoms with E-state index in [1.54, 1.807) is 0 Å². The molecule has 62 valence electrons. The number of nitrogens with two attached hydrogens (primary N) is 1. The number of aryl methyl sites for hydroxylation is 1. The molecule has 2 N–H and O–H groups in total. The van der Waals surface area contributed by atoms with Crippen molar-refractivity contribution < 1.29 is 8.78 Å². The highest BCUT2D eigenvalue weighted by Crippen LogP contribution is 2.01. The lowest BCUT2D eigenvalue weighted by molar-refractivity contribution is 0.129. The molecule has 0 aliphatic rings. The van der Waals surface area contributed by atoms with Crippen LogP contribution in [0.25, 0.3) is 0 Å². The molecule has 4 nitrogen and oxygen atoms in total. The minimum Gasteiger partial charge on any atom is -0.381 e. The molecule has 11 heavy (non-hydrogen) atoms. The summed E-state index contributed by atoms with van der Waals surface area (Å²) in [7, 11) is 0. The molecule has 0 saturated carbocycles. The first-order valence-electron chi connectivity index (χ1n) is 3.12. The Kier molecular flexibility index (Phi) is 2.35. The second-order valence-electron chi connectivity index (χ2n) is 2.09. The molecule has 1 heterocycles. The van der Waals surface area contributed by atoms with E-state index in [9.17, 15) is 8.78 Å². The number of halogens is 2. The maximum atomic E-state index is 11.6. The Morgan fingerprint density at radius 3 is 2.82 bits per heavy atom. The molecule has 0 aliphatic heterocycles. The summed E-state index contributed by atoms with van der Waals surface area (Å²) in [6.45, 7) is 0.155. The van der Waals surface area contributed by atoms with Gasteiger partial charge in [-0.2, -0.15) is 0 Å². The summed E-state index contributed by atoms with van der Waals surface area (Å²) in [5.41, 5.74) is 5.20. The third-order valence-electron chi connectivity index (χ3n) is 1.13. The molecule has 6 heteroatoms. The first-order chi connectivity index (χ1) is 5.18. The van der Waals surface area contributed by atoms with E-state index in [4.69, 9.17) is 5.73 Å². The quantitative estimate of drug-likeness (QED) is 0.704. The lowest BCUT2D eigenvalue weighted by Gasteiger charge is -1.97. The third-order valence-corrected chi connectivity index (χ3v) is 1.13. The van der Waals surface area contributed by atoms with Crippen LogP contribution in [0.4, 0.5) is 14.6 Å². The molecule has 0 radical (unpaired) electrons. The van der Waals surface area contributed by atoms with Crippen molar-refractivity contribution >= 4 is 5.82 Å². The maximum absolute atomic E-state index is 11.6. The Bertz CT molecular complexity index is 222. The Morgan fingerprint density at radius 1 is 1.64 bits per heavy atom. The van der Waals surface area contributed by atoms with Gasteiger partial charge in [-0.3, -0.25) is 4.68 Å². The van der Waals surface area contributed by atoms with Crippen molar-refractivity contribution in [2.75, 3.05) is 5.73 Å². The summed E-state index contributed by atoms with van der Waals surface area (Å²) in [4.78, 5) is 0. The maximum Gasteiger partial charge on any atom is 0.240 e. The van der Waals surface area contributed by atoms with Gasteiger partial charge >= 0.3 is 0 Å². The highest BCUT2D eigenvalue weighted by Gasteiger charge is 2.03. The molecule has 0 atom stereocenters. The van der Waals surface area contributed by atoms with Crippen LogP contribution in [0.2, 0.25) is 0 Å². The third kappa shape index (κ3) is 2.48. The van der Waals surface area contributed by atoms with Crippen LogP contribution in [-0.2, 0) is 6.54 Å². The highest BCUT2D eigenvalue weighted by atomic mass is 19.3. The van der Waals surface area contributed by atoms with Crippen LogP contribution in [0, 0.1) is 0 Å². The van der Waals surface area contributed by atoms with Crippen molar-refractivity contribution in [3.8, 4) is 0 Å². The van der Waals surface area contributed by atoms with Gasteiger partial charge in [0.2, 0.25) is 6.43 Å². The van der Waals surface area contributed by atoms with Crippen molar-refractivity contribution in [2.24, 2.45) is 0 Å². The molecule has 0 saturated heterocycles. The number of hydrogen-bond donors (Lipinski definition) is 1. The number of nitrogens with zero attached hydrogens (tertiary/aromatic N) is 3. The van der Waals surface area contributed by atoms with E-state index >= 15 is 0 Å². The smallest absolute Gasteiger partial charge is 0.240 e. The molecule has 1 aromatic heterocycles. The minimum atomic E-state index is -2.31. The molecule has 0 bridgehead atoms. The lowest BCUT2D eigenvalue weighted by atomic mass is 10.4. The van der Waals surface area contributed by atoms with Gasteiger partial charge in [-0.15, -0.1) is 5.10 Å². The Labute approximate surface area is 62.0 Å². The summed E-state index contributed by atoms with van der Waals surface area (Å²) in [5.74, 6) is 0.249. The second kappa shape index (κ2) is 3.27. The number of nitrogen functional groups attached to an aromatic ring is 1. The molecular weight excluding hydrogens is 154 g/mol. The normalized spacial score (nSPS) is 10.8. The first kappa shape index (κ1) is 7.90. The molecule has 0 unspecified atom stereocenters. The topological polar surface area (TPSA) is 56.7 Å². The van der Waals surface area contributed by atoms with Crippen molar-refractivity contribution in [3.05, 3.63) is 6.20 Å². The van der Waals surface area contributed by atoms with E-state index in [-0.39, 0.29) is 18.8 Å². The Balaban J connectivity index is 2.39. The van der Waals surface area contributed by atoms with Gasteiger partial charge in [-0.1, -0.05) is 5.21 Å². The highest BCUT2D eigenvalue weighted by molar-refractivity contribution is 5.19. The number of rotatable bonds is 3. The summed E-state index contributed by atoms with van der Waals surface area (Å²) < 4.78 is 24.6. The predicted octanol–water partition coefficient (Wildman–Crippen LogP) is 0.516. The van der Waals surface area contributed by atoms with Crippen LogP contribution in [0.3, 0.4) is 0 Å². The van der Waals surface area contributed by atoms with Crippen LogP contribution in [0.15, 0.2) is 6.20 Å². The van der Waals surface area contributed by atoms with Crippen molar-refractivity contribution in [1.29, 1.82) is 0 Å². The molecule has 0 fully saturated rings. The zero-order chi connectivity index (χ0) is 8.27. The van der Waals surface area contributed by atoms with Gasteiger partial charge in [0.15, 0.2) is 5.82 Å². The predicted molar refractivity (Wildman–Crippen MR) is 35.1 cm³/mol. The van der Waals surface area contributed by atoms with Crippen molar-refractivity contribution in [2.45, 2.75) is 19.4 Å². The van der Waals surface area contributed by atoms with Crippen LogP contribution in [-0.4, -0.2) is 21.4 Å². The zero-order valence-electron chi connectivity index (χ0n) is 5.74. The molecule has 0 amide bonds. The second-order valence-corrected chi connectivity index (χ2v) is 2.09. The van der Waals surface area contributed by atoms with E-state index < -0.39 is 6.43 Å². The SMILES string of the molecule is Nc1cn(CCC(F)F)nn1. The van der Waals surface area contributed by atoms with Gasteiger partial charge < -0.3 is 5.73 Å². The van der Waals surface area contributed by atoms with Crippen LogP contribution in [0.1, 0.15) is 6.42 Å². The van der Waals surface area contributed by atoms with Crippen LogP contribution in [0.5, 0.6) is 0 Å². The van der Waals surface area contributed by atoms with Crippen molar-refractivity contribution in [1.82, 2.24) is 15.0 Å². The Hall–Kier alpha value is -1.20. The average Bonchev–Trinajstić information content (AvgIpc) is 2.31. The van der Waals surface area contributed by atoms with Crippen molar-refractivity contribution in [3.63, 3.8) is 0 Å². The fourth-order valence-corrected chi connectivity index (χ4v) is 0.653. The van der Waals surface area contributed by atoms with Gasteiger partial charge in [0, 0.05) is 13.0 Å².